The molecule has 4 aromatic rings. The molecule has 0 atom stereocenters. The van der Waals surface area contributed by atoms with Crippen LogP contribution in [0.1, 0.15) is 15.9 Å². The number of aromatic nitrogens is 6. The molecule has 1 N–H and O–H groups in total. The van der Waals surface area contributed by atoms with E-state index in [1.54, 1.807) is 30.8 Å². The number of nitrogens with one attached hydrogen (secondary N) is 1. The molecule has 3 aromatic heterocycles. The van der Waals surface area contributed by atoms with Crippen molar-refractivity contribution in [1.29, 1.82) is 0 Å². The summed E-state index contributed by atoms with van der Waals surface area (Å²) in [7, 11) is 4.69. The van der Waals surface area contributed by atoms with E-state index in [1.807, 2.05) is 19.1 Å². The third kappa shape index (κ3) is 3.44. The highest BCUT2D eigenvalue weighted by Gasteiger charge is 2.19. The van der Waals surface area contributed by atoms with Gasteiger partial charge >= 0.3 is 5.69 Å². The lowest BCUT2D eigenvalue weighted by Crippen LogP contribution is -2.37. The fourth-order valence-corrected chi connectivity index (χ4v) is 4.62. The number of anilines is 1. The molecule has 0 bridgehead atoms. The molecule has 0 aliphatic rings. The van der Waals surface area contributed by atoms with Gasteiger partial charge in [-0.15, -0.1) is 10.2 Å². The molecule has 3 heterocycles. The smallest absolute Gasteiger partial charge is 0.316 e. The second-order valence-corrected chi connectivity index (χ2v) is 8.82. The van der Waals surface area contributed by atoms with Crippen molar-refractivity contribution >= 4 is 45.3 Å². The molecular formula is C18H17N7O3S2. The van der Waals surface area contributed by atoms with Crippen molar-refractivity contribution in [2.45, 2.75) is 16.4 Å². The minimum Gasteiger partial charge on any atom is -0.316 e. The number of benzene rings is 1. The quantitative estimate of drug-likeness (QED) is 0.476. The van der Waals surface area contributed by atoms with Crippen molar-refractivity contribution < 1.29 is 4.79 Å². The van der Waals surface area contributed by atoms with Gasteiger partial charge in [0.15, 0.2) is 20.7 Å². The Morgan fingerprint density at radius 1 is 1.10 bits per heavy atom. The van der Waals surface area contributed by atoms with Crippen molar-refractivity contribution in [1.82, 2.24) is 28.9 Å². The lowest BCUT2D eigenvalue weighted by atomic mass is 10.1. The number of carbonyl (C=O) groups excluding carboxylic acids is 1. The highest BCUT2D eigenvalue weighted by atomic mass is 32.2. The summed E-state index contributed by atoms with van der Waals surface area (Å²) in [4.78, 5) is 41.4. The summed E-state index contributed by atoms with van der Waals surface area (Å²) in [5.74, 6) is -0.271. The molecule has 4 rings (SSSR count). The molecule has 1 aromatic carbocycles. The summed E-state index contributed by atoms with van der Waals surface area (Å²) < 4.78 is 4.53. The van der Waals surface area contributed by atoms with Gasteiger partial charge in [0.25, 0.3) is 11.5 Å². The third-order valence-corrected chi connectivity index (χ3v) is 6.46. The Balaban J connectivity index is 1.61. The first-order valence-electron chi connectivity index (χ1n) is 8.78. The average molecular weight is 444 g/mol. The number of nitrogens with zero attached hydrogens (tertiary/aromatic N) is 6. The van der Waals surface area contributed by atoms with E-state index < -0.39 is 11.2 Å². The van der Waals surface area contributed by atoms with Crippen LogP contribution >= 0.6 is 23.1 Å². The predicted octanol–water partition coefficient (Wildman–Crippen LogP) is 1.53. The predicted molar refractivity (Wildman–Crippen MR) is 114 cm³/mol. The summed E-state index contributed by atoms with van der Waals surface area (Å²) >= 11 is 2.39. The molecular weight excluding hydrogens is 426 g/mol. The number of fused-ring (bicyclic) bond motifs is 1. The van der Waals surface area contributed by atoms with E-state index >= 15 is 0 Å². The van der Waals surface area contributed by atoms with Crippen LogP contribution < -0.4 is 16.6 Å². The second-order valence-electron chi connectivity index (χ2n) is 6.63. The molecule has 12 heteroatoms. The van der Waals surface area contributed by atoms with Gasteiger partial charge in [0.2, 0.25) is 5.13 Å². The molecule has 0 radical (unpaired) electrons. The molecule has 10 nitrogen and oxygen atoms in total. The van der Waals surface area contributed by atoms with Gasteiger partial charge in [0, 0.05) is 26.7 Å². The van der Waals surface area contributed by atoms with Gasteiger partial charge in [-0.25, -0.2) is 9.78 Å². The molecule has 0 unspecified atom stereocenters. The van der Waals surface area contributed by atoms with E-state index in [0.717, 1.165) is 10.1 Å². The highest BCUT2D eigenvalue weighted by molar-refractivity contribution is 8.01. The molecule has 0 aliphatic heterocycles. The largest absolute Gasteiger partial charge is 0.332 e. The van der Waals surface area contributed by atoms with Crippen LogP contribution in [0.25, 0.3) is 11.2 Å². The molecule has 0 spiro atoms. The van der Waals surface area contributed by atoms with E-state index in [-0.39, 0.29) is 5.91 Å². The first-order valence-corrected chi connectivity index (χ1v) is 10.4. The SMILES string of the molecule is Cc1cccc(C(=O)Nc2nnc(Sc3nc4c(c(=O)n(C)c(=O)n4C)n3C)s2)c1. The Morgan fingerprint density at radius 2 is 1.87 bits per heavy atom. The zero-order valence-electron chi connectivity index (χ0n) is 16.5. The van der Waals surface area contributed by atoms with Crippen LogP contribution in [0.2, 0.25) is 0 Å². The summed E-state index contributed by atoms with van der Waals surface area (Å²) in [5, 5.41) is 11.7. The van der Waals surface area contributed by atoms with E-state index in [1.165, 1.54) is 34.7 Å². The van der Waals surface area contributed by atoms with Crippen LogP contribution in [-0.4, -0.2) is 34.8 Å². The monoisotopic (exact) mass is 443 g/mol. The number of hydrogen-bond donors (Lipinski definition) is 1. The van der Waals surface area contributed by atoms with Crippen molar-refractivity contribution in [3.8, 4) is 0 Å². The van der Waals surface area contributed by atoms with Gasteiger partial charge in [-0.3, -0.25) is 24.0 Å². The maximum atomic E-state index is 12.5. The van der Waals surface area contributed by atoms with E-state index in [0.29, 0.717) is 31.4 Å². The fraction of sp³-hybridized carbons (Fsp3) is 0.222. The fourth-order valence-electron chi connectivity index (χ4n) is 2.92. The molecule has 154 valence electrons. The average Bonchev–Trinajstić information content (AvgIpc) is 3.29. The molecule has 0 fully saturated rings. The molecule has 30 heavy (non-hydrogen) atoms. The Bertz CT molecular complexity index is 1410. The van der Waals surface area contributed by atoms with Crippen LogP contribution in [-0.2, 0) is 21.1 Å². The first-order chi connectivity index (χ1) is 14.3. The molecule has 1 amide bonds. The Morgan fingerprint density at radius 3 is 2.60 bits per heavy atom. The van der Waals surface area contributed by atoms with Crippen LogP contribution in [0, 0.1) is 6.92 Å². The standard InChI is InChI=1S/C18H17N7O3S2/c1-9-6-5-7-10(8-9)13(26)20-15-21-22-17(29-15)30-16-19-12-11(23(16)2)14(27)25(4)18(28)24(12)3/h5-8H,1-4H3,(H,20,21,26). The topological polar surface area (TPSA) is 117 Å². The lowest BCUT2D eigenvalue weighted by Gasteiger charge is -2.03. The normalized spacial score (nSPS) is 11.2. The van der Waals surface area contributed by atoms with Gasteiger partial charge in [0.1, 0.15) is 0 Å². The van der Waals surface area contributed by atoms with E-state index in [9.17, 15) is 14.4 Å². The minimum atomic E-state index is -0.445. The van der Waals surface area contributed by atoms with Crippen LogP contribution in [0.5, 0.6) is 0 Å². The zero-order valence-corrected chi connectivity index (χ0v) is 18.2. The van der Waals surface area contributed by atoms with Crippen molar-refractivity contribution in [3.63, 3.8) is 0 Å². The summed E-state index contributed by atoms with van der Waals surface area (Å²) in [5.41, 5.74) is 1.27. The number of aryl methyl sites for hydroxylation is 3. The summed E-state index contributed by atoms with van der Waals surface area (Å²) in [6, 6.07) is 7.24. The molecule has 0 aliphatic carbocycles. The summed E-state index contributed by atoms with van der Waals surface area (Å²) in [6.07, 6.45) is 0. The second kappa shape index (κ2) is 7.54. The van der Waals surface area contributed by atoms with Crippen molar-refractivity contribution in [2.24, 2.45) is 21.1 Å². The lowest BCUT2D eigenvalue weighted by molar-refractivity contribution is 0.102. The van der Waals surface area contributed by atoms with Crippen molar-refractivity contribution in [2.75, 3.05) is 5.32 Å². The van der Waals surface area contributed by atoms with Gasteiger partial charge < -0.3 is 4.57 Å². The zero-order chi connectivity index (χ0) is 21.6. The highest BCUT2D eigenvalue weighted by Crippen LogP contribution is 2.32. The maximum absolute atomic E-state index is 12.5. The number of carbonyl (C=O) groups is 1. The third-order valence-electron chi connectivity index (χ3n) is 4.52. The number of amides is 1. The van der Waals surface area contributed by atoms with Crippen LogP contribution in [0.3, 0.4) is 0 Å². The Kier molecular flexibility index (Phi) is 5.03. The summed E-state index contributed by atoms with van der Waals surface area (Å²) in [6.45, 7) is 1.91. The van der Waals surface area contributed by atoms with Crippen LogP contribution in [0.15, 0.2) is 43.4 Å². The first kappa shape index (κ1) is 20.0. The van der Waals surface area contributed by atoms with E-state index in [2.05, 4.69) is 20.5 Å². The Hall–Kier alpha value is -3.25. The molecule has 0 saturated heterocycles. The van der Waals surface area contributed by atoms with E-state index in [4.69, 9.17) is 0 Å². The molecule has 0 saturated carbocycles. The Labute approximate surface area is 178 Å². The van der Waals surface area contributed by atoms with Crippen molar-refractivity contribution in [3.05, 3.63) is 56.2 Å². The number of rotatable bonds is 4. The van der Waals surface area contributed by atoms with Gasteiger partial charge in [-0.05, 0) is 30.8 Å². The van der Waals surface area contributed by atoms with Gasteiger partial charge in [-0.1, -0.05) is 29.0 Å². The maximum Gasteiger partial charge on any atom is 0.332 e. The number of hydrogen-bond acceptors (Lipinski definition) is 8. The van der Waals surface area contributed by atoms with Gasteiger partial charge in [0.05, 0.1) is 0 Å². The minimum absolute atomic E-state index is 0.271. The van der Waals surface area contributed by atoms with Crippen LogP contribution in [0.4, 0.5) is 5.13 Å². The number of imidazole rings is 1. The van der Waals surface area contributed by atoms with Gasteiger partial charge in [-0.2, -0.15) is 0 Å².